The van der Waals surface area contributed by atoms with Crippen LogP contribution in [0.2, 0.25) is 10.0 Å². The van der Waals surface area contributed by atoms with E-state index in [1.165, 1.54) is 12.1 Å². The summed E-state index contributed by atoms with van der Waals surface area (Å²) in [5.41, 5.74) is 1.41. The SMILES string of the molecule is O=C(CN(Cc1ccc(F)cc1)C1CC1)Nc1c(Cl)cccc1Cl. The molecule has 2 aromatic rings. The van der Waals surface area contributed by atoms with Crippen molar-refractivity contribution in [1.82, 2.24) is 4.90 Å². The van der Waals surface area contributed by atoms with Crippen molar-refractivity contribution in [3.8, 4) is 0 Å². The van der Waals surface area contributed by atoms with Crippen LogP contribution >= 0.6 is 23.2 Å². The number of benzene rings is 2. The smallest absolute Gasteiger partial charge is 0.238 e. The van der Waals surface area contributed by atoms with Gasteiger partial charge < -0.3 is 5.32 Å². The van der Waals surface area contributed by atoms with E-state index in [4.69, 9.17) is 23.2 Å². The van der Waals surface area contributed by atoms with Crippen molar-refractivity contribution in [2.45, 2.75) is 25.4 Å². The lowest BCUT2D eigenvalue weighted by Gasteiger charge is -2.22. The monoisotopic (exact) mass is 366 g/mol. The maximum atomic E-state index is 13.0. The van der Waals surface area contributed by atoms with E-state index < -0.39 is 0 Å². The minimum Gasteiger partial charge on any atom is -0.322 e. The number of hydrogen-bond donors (Lipinski definition) is 1. The van der Waals surface area contributed by atoms with Crippen molar-refractivity contribution >= 4 is 34.8 Å². The number of halogens is 3. The number of nitrogens with one attached hydrogen (secondary N) is 1. The van der Waals surface area contributed by atoms with Crippen molar-refractivity contribution < 1.29 is 9.18 Å². The second-order valence-electron chi connectivity index (χ2n) is 5.91. The van der Waals surface area contributed by atoms with Crippen LogP contribution in [0, 0.1) is 5.82 Å². The maximum absolute atomic E-state index is 13.0. The molecule has 0 spiro atoms. The van der Waals surface area contributed by atoms with E-state index in [0.717, 1.165) is 18.4 Å². The van der Waals surface area contributed by atoms with Gasteiger partial charge in [0, 0.05) is 12.6 Å². The second kappa shape index (κ2) is 7.51. The van der Waals surface area contributed by atoms with E-state index >= 15 is 0 Å². The summed E-state index contributed by atoms with van der Waals surface area (Å²) in [6.07, 6.45) is 2.14. The first-order valence-corrected chi connectivity index (χ1v) is 8.51. The van der Waals surface area contributed by atoms with Crippen LogP contribution < -0.4 is 5.32 Å². The van der Waals surface area contributed by atoms with Gasteiger partial charge in [-0.05, 0) is 42.7 Å². The summed E-state index contributed by atoms with van der Waals surface area (Å²) in [5.74, 6) is -0.429. The van der Waals surface area contributed by atoms with Gasteiger partial charge in [0.1, 0.15) is 5.82 Å². The van der Waals surface area contributed by atoms with Crippen LogP contribution in [-0.2, 0) is 11.3 Å². The van der Waals surface area contributed by atoms with Crippen LogP contribution in [0.4, 0.5) is 10.1 Å². The first-order chi connectivity index (χ1) is 11.5. The quantitative estimate of drug-likeness (QED) is 0.800. The molecule has 0 unspecified atom stereocenters. The summed E-state index contributed by atoms with van der Waals surface area (Å²) >= 11 is 12.2. The molecule has 0 saturated heterocycles. The van der Waals surface area contributed by atoms with E-state index in [1.807, 2.05) is 0 Å². The molecular formula is C18H17Cl2FN2O. The number of rotatable bonds is 6. The topological polar surface area (TPSA) is 32.3 Å². The van der Waals surface area contributed by atoms with Crippen molar-refractivity contribution in [1.29, 1.82) is 0 Å². The Labute approximate surface area is 150 Å². The first-order valence-electron chi connectivity index (χ1n) is 7.75. The van der Waals surface area contributed by atoms with Gasteiger partial charge >= 0.3 is 0 Å². The van der Waals surface area contributed by atoms with Crippen molar-refractivity contribution in [3.05, 3.63) is 63.9 Å². The average Bonchev–Trinajstić information content (AvgIpc) is 3.37. The summed E-state index contributed by atoms with van der Waals surface area (Å²) in [7, 11) is 0. The Morgan fingerprint density at radius 1 is 1.12 bits per heavy atom. The zero-order chi connectivity index (χ0) is 17.1. The van der Waals surface area contributed by atoms with Gasteiger partial charge in [-0.2, -0.15) is 0 Å². The fraction of sp³-hybridized carbons (Fsp3) is 0.278. The molecule has 24 heavy (non-hydrogen) atoms. The molecule has 0 bridgehead atoms. The highest BCUT2D eigenvalue weighted by Crippen LogP contribution is 2.31. The number of para-hydroxylation sites is 1. The van der Waals surface area contributed by atoms with Gasteiger partial charge in [0.15, 0.2) is 0 Å². The summed E-state index contributed by atoms with van der Waals surface area (Å²) in [5, 5.41) is 3.60. The van der Waals surface area contributed by atoms with E-state index in [2.05, 4.69) is 10.2 Å². The van der Waals surface area contributed by atoms with Gasteiger partial charge in [-0.15, -0.1) is 0 Å². The van der Waals surface area contributed by atoms with Crippen LogP contribution in [0.3, 0.4) is 0 Å². The lowest BCUT2D eigenvalue weighted by Crippen LogP contribution is -2.34. The first kappa shape index (κ1) is 17.2. The predicted octanol–water partition coefficient (Wildman–Crippen LogP) is 4.74. The molecule has 1 amide bonds. The number of hydrogen-bond acceptors (Lipinski definition) is 2. The van der Waals surface area contributed by atoms with Crippen LogP contribution in [0.25, 0.3) is 0 Å². The fourth-order valence-electron chi connectivity index (χ4n) is 2.56. The normalized spacial score (nSPS) is 14.0. The van der Waals surface area contributed by atoms with Crippen molar-refractivity contribution in [3.63, 3.8) is 0 Å². The summed E-state index contributed by atoms with van der Waals surface area (Å²) in [6.45, 7) is 0.845. The van der Waals surface area contributed by atoms with Crippen molar-refractivity contribution in [2.24, 2.45) is 0 Å². The number of amides is 1. The van der Waals surface area contributed by atoms with Crippen molar-refractivity contribution in [2.75, 3.05) is 11.9 Å². The van der Waals surface area contributed by atoms with Gasteiger partial charge in [-0.25, -0.2) is 4.39 Å². The number of carbonyl (C=O) groups is 1. The molecule has 2 aromatic carbocycles. The zero-order valence-electron chi connectivity index (χ0n) is 12.9. The molecule has 1 aliphatic rings. The molecule has 1 aliphatic carbocycles. The Morgan fingerprint density at radius 2 is 1.75 bits per heavy atom. The lowest BCUT2D eigenvalue weighted by molar-refractivity contribution is -0.117. The average molecular weight is 367 g/mol. The molecule has 6 heteroatoms. The van der Waals surface area contributed by atoms with Gasteiger partial charge in [-0.3, -0.25) is 9.69 Å². The van der Waals surface area contributed by atoms with E-state index in [-0.39, 0.29) is 18.3 Å². The molecule has 3 rings (SSSR count). The highest BCUT2D eigenvalue weighted by Gasteiger charge is 2.30. The summed E-state index contributed by atoms with van der Waals surface area (Å²) in [6, 6.07) is 11.8. The largest absolute Gasteiger partial charge is 0.322 e. The van der Waals surface area contributed by atoms with Crippen LogP contribution in [0.1, 0.15) is 18.4 Å². The van der Waals surface area contributed by atoms with Gasteiger partial charge in [0.05, 0.1) is 22.3 Å². The number of carbonyl (C=O) groups excluding carboxylic acids is 1. The molecule has 0 heterocycles. The molecule has 1 saturated carbocycles. The molecule has 1 N–H and O–H groups in total. The molecule has 126 valence electrons. The lowest BCUT2D eigenvalue weighted by atomic mass is 10.2. The molecule has 0 radical (unpaired) electrons. The highest BCUT2D eigenvalue weighted by molar-refractivity contribution is 6.39. The minimum atomic E-state index is -0.261. The Hall–Kier alpha value is -1.62. The van der Waals surface area contributed by atoms with E-state index in [0.29, 0.717) is 28.3 Å². The third-order valence-corrected chi connectivity index (χ3v) is 4.57. The number of nitrogens with zero attached hydrogens (tertiary/aromatic N) is 1. The van der Waals surface area contributed by atoms with Crippen LogP contribution in [0.5, 0.6) is 0 Å². The molecule has 0 atom stereocenters. The minimum absolute atomic E-state index is 0.168. The Balaban J connectivity index is 1.65. The van der Waals surface area contributed by atoms with E-state index in [1.54, 1.807) is 30.3 Å². The molecule has 3 nitrogen and oxygen atoms in total. The maximum Gasteiger partial charge on any atom is 0.238 e. The molecular weight excluding hydrogens is 350 g/mol. The van der Waals surface area contributed by atoms with Gasteiger partial charge in [0.25, 0.3) is 0 Å². The highest BCUT2D eigenvalue weighted by atomic mass is 35.5. The summed E-state index contributed by atoms with van der Waals surface area (Å²) in [4.78, 5) is 14.5. The van der Waals surface area contributed by atoms with Gasteiger partial charge in [-0.1, -0.05) is 41.4 Å². The van der Waals surface area contributed by atoms with Crippen LogP contribution in [0.15, 0.2) is 42.5 Å². The standard InChI is InChI=1S/C18H17Cl2FN2O/c19-15-2-1-3-16(20)18(15)22-17(24)11-23(14-8-9-14)10-12-4-6-13(21)7-5-12/h1-7,14H,8-11H2,(H,22,24). The Kier molecular flexibility index (Phi) is 5.39. The van der Waals surface area contributed by atoms with E-state index in [9.17, 15) is 9.18 Å². The fourth-order valence-corrected chi connectivity index (χ4v) is 3.05. The molecule has 0 aromatic heterocycles. The third-order valence-electron chi connectivity index (χ3n) is 3.94. The number of anilines is 1. The third kappa shape index (κ3) is 4.47. The Bertz CT molecular complexity index is 712. The Morgan fingerprint density at radius 3 is 2.33 bits per heavy atom. The second-order valence-corrected chi connectivity index (χ2v) is 6.72. The zero-order valence-corrected chi connectivity index (χ0v) is 14.4. The predicted molar refractivity (Wildman–Crippen MR) is 94.9 cm³/mol. The molecule has 0 aliphatic heterocycles. The van der Waals surface area contributed by atoms with Crippen LogP contribution in [-0.4, -0.2) is 23.4 Å². The van der Waals surface area contributed by atoms with Gasteiger partial charge in [0.2, 0.25) is 5.91 Å². The molecule has 1 fully saturated rings. The summed E-state index contributed by atoms with van der Waals surface area (Å²) < 4.78 is 13.0.